The third-order valence-corrected chi connectivity index (χ3v) is 3.76. The minimum Gasteiger partial charge on any atom is -0.339 e. The fourth-order valence-electron chi connectivity index (χ4n) is 1.52. The average molecular weight is 243 g/mol. The van der Waals surface area contributed by atoms with Gasteiger partial charge >= 0.3 is 0 Å². The molecule has 86 valence electrons. The lowest BCUT2D eigenvalue weighted by Crippen LogP contribution is -2.18. The number of nitrogens with zero attached hydrogens (tertiary/aromatic N) is 1. The third kappa shape index (κ3) is 1.54. The number of rotatable bonds is 2. The average Bonchev–Trinajstić information content (AvgIpc) is 2.56. The first kappa shape index (κ1) is 10.9. The van der Waals surface area contributed by atoms with Crippen molar-refractivity contribution in [2.75, 3.05) is 12.9 Å². The summed E-state index contributed by atoms with van der Waals surface area (Å²) in [6, 6.07) is 3.80. The molecule has 1 heterocycles. The lowest BCUT2D eigenvalue weighted by atomic mass is 10.2. The van der Waals surface area contributed by atoms with Crippen molar-refractivity contribution in [3.05, 3.63) is 30.2 Å². The van der Waals surface area contributed by atoms with Crippen LogP contribution >= 0.6 is 0 Å². The van der Waals surface area contributed by atoms with Gasteiger partial charge in [0.1, 0.15) is 10.7 Å². The van der Waals surface area contributed by atoms with Crippen molar-refractivity contribution in [1.29, 1.82) is 0 Å². The molecular formula is C9H10FN3O2S. The van der Waals surface area contributed by atoms with E-state index in [1.54, 1.807) is 0 Å². The molecule has 0 spiro atoms. The highest BCUT2D eigenvalue weighted by Crippen LogP contribution is 2.24. The van der Waals surface area contributed by atoms with Gasteiger partial charge in [0.15, 0.2) is 0 Å². The quantitative estimate of drug-likeness (QED) is 0.750. The molecule has 0 radical (unpaired) electrons. The zero-order valence-electron chi connectivity index (χ0n) is 8.44. The molecule has 3 N–H and O–H groups in total. The Bertz CT molecular complexity index is 648. The van der Waals surface area contributed by atoms with Crippen molar-refractivity contribution in [2.24, 2.45) is 0 Å². The minimum absolute atomic E-state index is 0.0352. The third-order valence-electron chi connectivity index (χ3n) is 2.32. The van der Waals surface area contributed by atoms with Crippen molar-refractivity contribution in [2.45, 2.75) is 4.90 Å². The van der Waals surface area contributed by atoms with Gasteiger partial charge in [0, 0.05) is 11.6 Å². The maximum Gasteiger partial charge on any atom is 0.242 e. The first-order chi connectivity index (χ1) is 7.45. The van der Waals surface area contributed by atoms with E-state index in [2.05, 4.69) is 4.72 Å². The molecule has 16 heavy (non-hydrogen) atoms. The zero-order valence-corrected chi connectivity index (χ0v) is 9.25. The second kappa shape index (κ2) is 3.46. The van der Waals surface area contributed by atoms with E-state index in [1.807, 2.05) is 0 Å². The van der Waals surface area contributed by atoms with Gasteiger partial charge in [0.2, 0.25) is 10.0 Å². The molecule has 2 rings (SSSR count). The SMILES string of the molecule is CNS(=O)(=O)c1cn(N)c2ccc(F)cc12. The van der Waals surface area contributed by atoms with Crippen LogP contribution in [0.4, 0.5) is 4.39 Å². The Morgan fingerprint density at radius 3 is 2.75 bits per heavy atom. The van der Waals surface area contributed by atoms with E-state index in [9.17, 15) is 12.8 Å². The Kier molecular flexibility index (Phi) is 2.36. The van der Waals surface area contributed by atoms with Crippen LogP contribution in [0.25, 0.3) is 10.9 Å². The number of nitrogens with one attached hydrogen (secondary N) is 1. The molecule has 2 aromatic rings. The molecule has 7 heteroatoms. The standard InChI is InChI=1S/C9H10FN3O2S/c1-12-16(14,15)9-5-13(11)8-3-2-6(10)4-7(8)9/h2-5,12H,11H2,1H3. The number of benzene rings is 1. The molecule has 0 saturated carbocycles. The molecule has 0 amide bonds. The van der Waals surface area contributed by atoms with Gasteiger partial charge in [-0.3, -0.25) is 4.68 Å². The van der Waals surface area contributed by atoms with Crippen molar-refractivity contribution in [3.8, 4) is 0 Å². The number of hydrogen-bond acceptors (Lipinski definition) is 3. The number of halogens is 1. The van der Waals surface area contributed by atoms with Gasteiger partial charge < -0.3 is 5.84 Å². The van der Waals surface area contributed by atoms with Gasteiger partial charge in [0.25, 0.3) is 0 Å². The van der Waals surface area contributed by atoms with Gasteiger partial charge in [-0.05, 0) is 25.2 Å². The van der Waals surface area contributed by atoms with E-state index in [4.69, 9.17) is 5.84 Å². The van der Waals surface area contributed by atoms with Gasteiger partial charge in [-0.1, -0.05) is 0 Å². The Labute approximate surface area is 91.7 Å². The smallest absolute Gasteiger partial charge is 0.242 e. The Morgan fingerprint density at radius 1 is 1.44 bits per heavy atom. The topological polar surface area (TPSA) is 77.1 Å². The van der Waals surface area contributed by atoms with Crippen molar-refractivity contribution in [1.82, 2.24) is 9.40 Å². The van der Waals surface area contributed by atoms with Crippen LogP contribution < -0.4 is 10.6 Å². The van der Waals surface area contributed by atoms with Crippen LogP contribution in [0.1, 0.15) is 0 Å². The maximum atomic E-state index is 13.1. The molecule has 0 aliphatic rings. The molecule has 5 nitrogen and oxygen atoms in total. The van der Waals surface area contributed by atoms with Crippen LogP contribution in [0.15, 0.2) is 29.3 Å². The summed E-state index contributed by atoms with van der Waals surface area (Å²) in [6.45, 7) is 0. The highest BCUT2D eigenvalue weighted by molar-refractivity contribution is 7.89. The fourth-order valence-corrected chi connectivity index (χ4v) is 2.45. The highest BCUT2D eigenvalue weighted by atomic mass is 32.2. The summed E-state index contributed by atoms with van der Waals surface area (Å²) in [4.78, 5) is -0.0352. The summed E-state index contributed by atoms with van der Waals surface area (Å²) >= 11 is 0. The van der Waals surface area contributed by atoms with Gasteiger partial charge in [-0.15, -0.1) is 0 Å². The molecule has 0 aliphatic heterocycles. The molecule has 1 aromatic carbocycles. The molecule has 0 bridgehead atoms. The van der Waals surface area contributed by atoms with E-state index in [-0.39, 0.29) is 10.3 Å². The zero-order chi connectivity index (χ0) is 11.9. The summed E-state index contributed by atoms with van der Waals surface area (Å²) in [6.07, 6.45) is 1.25. The minimum atomic E-state index is -3.64. The summed E-state index contributed by atoms with van der Waals surface area (Å²) in [5.74, 6) is 5.07. The number of sulfonamides is 1. The summed E-state index contributed by atoms with van der Waals surface area (Å²) in [5, 5.41) is 0.261. The van der Waals surface area contributed by atoms with Crippen LogP contribution in [0.3, 0.4) is 0 Å². The van der Waals surface area contributed by atoms with E-state index >= 15 is 0 Å². The van der Waals surface area contributed by atoms with Crippen molar-refractivity contribution < 1.29 is 12.8 Å². The normalized spacial score (nSPS) is 12.1. The molecule has 0 aliphatic carbocycles. The lowest BCUT2D eigenvalue weighted by Gasteiger charge is -1.99. The largest absolute Gasteiger partial charge is 0.339 e. The monoisotopic (exact) mass is 243 g/mol. The Balaban J connectivity index is 2.86. The number of hydrogen-bond donors (Lipinski definition) is 2. The molecule has 0 saturated heterocycles. The number of fused-ring (bicyclic) bond motifs is 1. The van der Waals surface area contributed by atoms with Crippen LogP contribution in [0.5, 0.6) is 0 Å². The number of nitrogen functional groups attached to an aromatic ring is 1. The molecule has 0 atom stereocenters. The number of nitrogens with two attached hydrogens (primary N) is 1. The maximum absolute atomic E-state index is 13.1. The Morgan fingerprint density at radius 2 is 2.12 bits per heavy atom. The summed E-state index contributed by atoms with van der Waals surface area (Å²) in [7, 11) is -2.35. The van der Waals surface area contributed by atoms with Gasteiger partial charge in [-0.2, -0.15) is 0 Å². The Hall–Kier alpha value is -1.60. The van der Waals surface area contributed by atoms with E-state index in [0.717, 1.165) is 10.7 Å². The second-order valence-corrected chi connectivity index (χ2v) is 5.12. The lowest BCUT2D eigenvalue weighted by molar-refractivity contribution is 0.589. The summed E-state index contributed by atoms with van der Waals surface area (Å²) in [5.41, 5.74) is 0.454. The molecular weight excluding hydrogens is 233 g/mol. The van der Waals surface area contributed by atoms with Crippen LogP contribution in [-0.2, 0) is 10.0 Å². The molecule has 1 aromatic heterocycles. The van der Waals surface area contributed by atoms with Crippen LogP contribution in [0, 0.1) is 5.82 Å². The van der Waals surface area contributed by atoms with Crippen LogP contribution in [0.2, 0.25) is 0 Å². The second-order valence-electron chi connectivity index (χ2n) is 3.27. The molecule has 0 unspecified atom stereocenters. The van der Waals surface area contributed by atoms with Crippen molar-refractivity contribution >= 4 is 20.9 Å². The predicted molar refractivity (Wildman–Crippen MR) is 58.3 cm³/mol. The highest BCUT2D eigenvalue weighted by Gasteiger charge is 2.19. The van der Waals surface area contributed by atoms with Gasteiger partial charge in [0.05, 0.1) is 5.52 Å². The fraction of sp³-hybridized carbons (Fsp3) is 0.111. The van der Waals surface area contributed by atoms with E-state index < -0.39 is 15.8 Å². The van der Waals surface area contributed by atoms with E-state index in [1.165, 1.54) is 25.4 Å². The number of aromatic nitrogens is 1. The predicted octanol–water partition coefficient (Wildman–Crippen LogP) is 0.402. The van der Waals surface area contributed by atoms with E-state index in [0.29, 0.717) is 5.52 Å². The van der Waals surface area contributed by atoms with Crippen LogP contribution in [-0.4, -0.2) is 20.1 Å². The van der Waals surface area contributed by atoms with Crippen molar-refractivity contribution in [3.63, 3.8) is 0 Å². The molecule has 0 fully saturated rings. The van der Waals surface area contributed by atoms with Gasteiger partial charge in [-0.25, -0.2) is 17.5 Å². The first-order valence-electron chi connectivity index (χ1n) is 4.45. The first-order valence-corrected chi connectivity index (χ1v) is 5.93. The summed E-state index contributed by atoms with van der Waals surface area (Å²) < 4.78 is 39.6.